The van der Waals surface area contributed by atoms with E-state index in [0.29, 0.717) is 13.0 Å². The maximum absolute atomic E-state index is 13.1. The number of hydrogen-bond acceptors (Lipinski definition) is 2. The number of aryl methyl sites for hydroxylation is 1. The molecule has 0 unspecified atom stereocenters. The topological polar surface area (TPSA) is 39.3 Å². The Morgan fingerprint density at radius 3 is 2.38 bits per heavy atom. The van der Waals surface area contributed by atoms with Crippen molar-refractivity contribution < 1.29 is 4.79 Å². The second-order valence-electron chi connectivity index (χ2n) is 7.06. The summed E-state index contributed by atoms with van der Waals surface area (Å²) in [6.07, 6.45) is 0.427. The minimum absolute atomic E-state index is 0.170. The Labute approximate surface area is 155 Å². The Hall–Kier alpha value is -2.59. The highest BCUT2D eigenvalue weighted by molar-refractivity contribution is 5.90. The SMILES string of the molecule is Cc1[nH]c2ccccc2c1CC(=O)N(CCN(C)C)Cc1ccccc1. The molecule has 0 saturated carbocycles. The molecule has 0 aliphatic carbocycles. The third-order valence-corrected chi connectivity index (χ3v) is 4.74. The largest absolute Gasteiger partial charge is 0.358 e. The van der Waals surface area contributed by atoms with E-state index in [-0.39, 0.29) is 5.91 Å². The van der Waals surface area contributed by atoms with Gasteiger partial charge in [0, 0.05) is 36.2 Å². The van der Waals surface area contributed by atoms with Crippen LogP contribution in [0.2, 0.25) is 0 Å². The van der Waals surface area contributed by atoms with Gasteiger partial charge in [-0.15, -0.1) is 0 Å². The van der Waals surface area contributed by atoms with Crippen molar-refractivity contribution in [2.24, 2.45) is 0 Å². The van der Waals surface area contributed by atoms with Crippen LogP contribution in [0.25, 0.3) is 10.9 Å². The number of benzene rings is 2. The number of nitrogens with zero attached hydrogens (tertiary/aromatic N) is 2. The van der Waals surface area contributed by atoms with E-state index in [4.69, 9.17) is 0 Å². The fraction of sp³-hybridized carbons (Fsp3) is 0.318. The molecule has 1 amide bonds. The lowest BCUT2D eigenvalue weighted by atomic mass is 10.1. The molecule has 4 heteroatoms. The average molecular weight is 349 g/mol. The number of likely N-dealkylation sites (N-methyl/N-ethyl adjacent to an activating group) is 1. The fourth-order valence-electron chi connectivity index (χ4n) is 3.24. The van der Waals surface area contributed by atoms with Crippen molar-refractivity contribution in [1.29, 1.82) is 0 Å². The Bertz CT molecular complexity index is 867. The van der Waals surface area contributed by atoms with Crippen LogP contribution in [-0.4, -0.2) is 47.9 Å². The van der Waals surface area contributed by atoms with Crippen LogP contribution in [-0.2, 0) is 17.8 Å². The van der Waals surface area contributed by atoms with Gasteiger partial charge >= 0.3 is 0 Å². The fourth-order valence-corrected chi connectivity index (χ4v) is 3.24. The van der Waals surface area contributed by atoms with Crippen molar-refractivity contribution in [3.05, 3.63) is 71.4 Å². The second kappa shape index (κ2) is 8.19. The monoisotopic (exact) mass is 349 g/mol. The summed E-state index contributed by atoms with van der Waals surface area (Å²) in [5.74, 6) is 0.170. The van der Waals surface area contributed by atoms with Crippen LogP contribution < -0.4 is 0 Å². The van der Waals surface area contributed by atoms with E-state index in [9.17, 15) is 4.79 Å². The van der Waals surface area contributed by atoms with Crippen LogP contribution in [0, 0.1) is 6.92 Å². The van der Waals surface area contributed by atoms with Crippen molar-refractivity contribution in [1.82, 2.24) is 14.8 Å². The highest BCUT2D eigenvalue weighted by Crippen LogP contribution is 2.23. The number of para-hydroxylation sites is 1. The minimum atomic E-state index is 0.170. The predicted octanol–water partition coefficient (Wildman–Crippen LogP) is 3.61. The second-order valence-corrected chi connectivity index (χ2v) is 7.06. The summed E-state index contributed by atoms with van der Waals surface area (Å²) in [6, 6.07) is 18.4. The Balaban J connectivity index is 1.80. The average Bonchev–Trinajstić information content (AvgIpc) is 2.95. The van der Waals surface area contributed by atoms with Gasteiger partial charge in [-0.05, 0) is 38.2 Å². The molecule has 0 spiro atoms. The van der Waals surface area contributed by atoms with Crippen molar-refractivity contribution in [3.63, 3.8) is 0 Å². The van der Waals surface area contributed by atoms with Gasteiger partial charge in [0.2, 0.25) is 5.91 Å². The van der Waals surface area contributed by atoms with Crippen LogP contribution in [0.15, 0.2) is 54.6 Å². The molecule has 136 valence electrons. The molecule has 0 fully saturated rings. The van der Waals surface area contributed by atoms with Gasteiger partial charge in [-0.1, -0.05) is 48.5 Å². The number of hydrogen-bond donors (Lipinski definition) is 1. The number of carbonyl (C=O) groups excluding carboxylic acids is 1. The molecule has 3 aromatic rings. The minimum Gasteiger partial charge on any atom is -0.358 e. The predicted molar refractivity (Wildman–Crippen MR) is 107 cm³/mol. The molecule has 1 N–H and O–H groups in total. The molecule has 0 aliphatic heterocycles. The zero-order valence-corrected chi connectivity index (χ0v) is 15.8. The van der Waals surface area contributed by atoms with E-state index in [1.807, 2.05) is 56.3 Å². The van der Waals surface area contributed by atoms with Crippen LogP contribution >= 0.6 is 0 Å². The first-order valence-electron chi connectivity index (χ1n) is 9.07. The van der Waals surface area contributed by atoms with Gasteiger partial charge < -0.3 is 14.8 Å². The first kappa shape index (κ1) is 18.2. The van der Waals surface area contributed by atoms with Gasteiger partial charge in [0.1, 0.15) is 0 Å². The molecule has 26 heavy (non-hydrogen) atoms. The van der Waals surface area contributed by atoms with E-state index in [1.54, 1.807) is 0 Å². The van der Waals surface area contributed by atoms with E-state index >= 15 is 0 Å². The number of nitrogens with one attached hydrogen (secondary N) is 1. The lowest BCUT2D eigenvalue weighted by Gasteiger charge is -2.25. The van der Waals surface area contributed by atoms with E-state index in [1.165, 1.54) is 0 Å². The van der Waals surface area contributed by atoms with Crippen molar-refractivity contribution in [3.8, 4) is 0 Å². The molecule has 0 aliphatic rings. The number of carbonyl (C=O) groups is 1. The lowest BCUT2D eigenvalue weighted by Crippen LogP contribution is -2.37. The van der Waals surface area contributed by atoms with E-state index < -0.39 is 0 Å². The number of aromatic nitrogens is 1. The zero-order valence-electron chi connectivity index (χ0n) is 15.8. The first-order valence-corrected chi connectivity index (χ1v) is 9.07. The van der Waals surface area contributed by atoms with Gasteiger partial charge in [0.05, 0.1) is 6.42 Å². The normalized spacial score (nSPS) is 11.2. The Morgan fingerprint density at radius 2 is 1.65 bits per heavy atom. The molecule has 0 radical (unpaired) electrons. The summed E-state index contributed by atoms with van der Waals surface area (Å²) >= 11 is 0. The van der Waals surface area contributed by atoms with Gasteiger partial charge in [-0.2, -0.15) is 0 Å². The molecule has 1 heterocycles. The molecule has 3 rings (SSSR count). The van der Waals surface area contributed by atoms with Crippen LogP contribution in [0.4, 0.5) is 0 Å². The molecule has 0 saturated heterocycles. The van der Waals surface area contributed by atoms with Crippen molar-refractivity contribution in [2.45, 2.75) is 19.9 Å². The molecule has 0 atom stereocenters. The summed E-state index contributed by atoms with van der Waals surface area (Å²) in [4.78, 5) is 20.6. The van der Waals surface area contributed by atoms with Crippen molar-refractivity contribution >= 4 is 16.8 Å². The molecule has 0 bridgehead atoms. The highest BCUT2D eigenvalue weighted by atomic mass is 16.2. The number of fused-ring (bicyclic) bond motifs is 1. The van der Waals surface area contributed by atoms with Crippen molar-refractivity contribution in [2.75, 3.05) is 27.2 Å². The van der Waals surface area contributed by atoms with Gasteiger partial charge in [-0.25, -0.2) is 0 Å². The number of H-pyrrole nitrogens is 1. The van der Waals surface area contributed by atoms with Gasteiger partial charge in [0.25, 0.3) is 0 Å². The highest BCUT2D eigenvalue weighted by Gasteiger charge is 2.18. The third kappa shape index (κ3) is 4.33. The number of amides is 1. The van der Waals surface area contributed by atoms with E-state index in [0.717, 1.165) is 40.8 Å². The van der Waals surface area contributed by atoms with E-state index in [2.05, 4.69) is 34.1 Å². The maximum Gasteiger partial charge on any atom is 0.227 e. The summed E-state index contributed by atoms with van der Waals surface area (Å²) in [6.45, 7) is 4.27. The quantitative estimate of drug-likeness (QED) is 0.708. The standard InChI is InChI=1S/C22H27N3O/c1-17-20(19-11-7-8-12-21(19)23-17)15-22(26)25(14-13-24(2)3)16-18-9-5-4-6-10-18/h4-12,23H,13-16H2,1-3H3. The first-order chi connectivity index (χ1) is 12.5. The molecular weight excluding hydrogens is 322 g/mol. The van der Waals surface area contributed by atoms with Crippen LogP contribution in [0.1, 0.15) is 16.8 Å². The number of aromatic amines is 1. The van der Waals surface area contributed by atoms with Gasteiger partial charge in [0.15, 0.2) is 0 Å². The van der Waals surface area contributed by atoms with Crippen LogP contribution in [0.3, 0.4) is 0 Å². The summed E-state index contributed by atoms with van der Waals surface area (Å²) < 4.78 is 0. The molecule has 1 aromatic heterocycles. The summed E-state index contributed by atoms with van der Waals surface area (Å²) in [5, 5.41) is 1.14. The smallest absolute Gasteiger partial charge is 0.227 e. The molecular formula is C22H27N3O. The van der Waals surface area contributed by atoms with Crippen LogP contribution in [0.5, 0.6) is 0 Å². The lowest BCUT2D eigenvalue weighted by molar-refractivity contribution is -0.131. The van der Waals surface area contributed by atoms with Gasteiger partial charge in [-0.3, -0.25) is 4.79 Å². The number of rotatable bonds is 7. The maximum atomic E-state index is 13.1. The third-order valence-electron chi connectivity index (χ3n) is 4.74. The zero-order chi connectivity index (χ0) is 18.5. The Kier molecular flexibility index (Phi) is 5.74. The molecule has 2 aromatic carbocycles. The Morgan fingerprint density at radius 1 is 0.962 bits per heavy atom. The summed E-state index contributed by atoms with van der Waals surface area (Å²) in [5.41, 5.74) is 4.44. The molecule has 4 nitrogen and oxygen atoms in total. The summed E-state index contributed by atoms with van der Waals surface area (Å²) in [7, 11) is 4.07.